The molecule has 0 aliphatic carbocycles. The van der Waals surface area contributed by atoms with E-state index in [-0.39, 0.29) is 18.1 Å². The number of halogens is 3. The Morgan fingerprint density at radius 2 is 1.85 bits per heavy atom. The van der Waals surface area contributed by atoms with E-state index in [9.17, 15) is 18.0 Å². The van der Waals surface area contributed by atoms with Gasteiger partial charge in [0.15, 0.2) is 4.34 Å². The molecule has 0 unspecified atom stereocenters. The number of thiazole rings is 1. The van der Waals surface area contributed by atoms with Gasteiger partial charge in [0.05, 0.1) is 0 Å². The van der Waals surface area contributed by atoms with Crippen LogP contribution in [0.2, 0.25) is 0 Å². The van der Waals surface area contributed by atoms with Gasteiger partial charge in [-0.25, -0.2) is 14.5 Å². The SMILES string of the molecule is Cc1csc(Sc2ccc(NC(=O)CCc3c(C)nc4nc(C(F)(F)F)nn4c3C)cc2)n1. The maximum Gasteiger partial charge on any atom is 0.453 e. The van der Waals surface area contributed by atoms with Crippen molar-refractivity contribution in [2.45, 2.75) is 49.0 Å². The maximum absolute atomic E-state index is 12.9. The summed E-state index contributed by atoms with van der Waals surface area (Å²) in [6.07, 6.45) is -4.20. The number of aryl methyl sites for hydroxylation is 3. The number of alkyl halides is 3. The predicted molar refractivity (Wildman–Crippen MR) is 120 cm³/mol. The van der Waals surface area contributed by atoms with Crippen molar-refractivity contribution in [1.82, 2.24) is 24.6 Å². The lowest BCUT2D eigenvalue weighted by atomic mass is 10.1. The molecule has 7 nitrogen and oxygen atoms in total. The van der Waals surface area contributed by atoms with E-state index in [0.717, 1.165) is 19.4 Å². The van der Waals surface area contributed by atoms with Gasteiger partial charge in [0.25, 0.3) is 11.6 Å². The third kappa shape index (κ3) is 5.33. The fraction of sp³-hybridized carbons (Fsp3) is 0.286. The zero-order chi connectivity index (χ0) is 23.8. The molecule has 0 aliphatic heterocycles. The molecule has 12 heteroatoms. The van der Waals surface area contributed by atoms with E-state index in [1.54, 1.807) is 36.9 Å². The van der Waals surface area contributed by atoms with Crippen molar-refractivity contribution in [2.24, 2.45) is 0 Å². The molecule has 4 aromatic rings. The number of aromatic nitrogens is 5. The molecule has 0 fully saturated rings. The van der Waals surface area contributed by atoms with Gasteiger partial charge in [0.2, 0.25) is 5.91 Å². The second kappa shape index (κ2) is 9.10. The summed E-state index contributed by atoms with van der Waals surface area (Å²) in [5.74, 6) is -1.56. The topological polar surface area (TPSA) is 85.1 Å². The number of amides is 1. The third-order valence-corrected chi connectivity index (χ3v) is 6.91. The predicted octanol–water partition coefficient (Wildman–Crippen LogP) is 5.25. The van der Waals surface area contributed by atoms with Gasteiger partial charge in [-0.05, 0) is 57.0 Å². The Labute approximate surface area is 195 Å². The van der Waals surface area contributed by atoms with Crippen molar-refractivity contribution in [2.75, 3.05) is 5.32 Å². The molecule has 0 bridgehead atoms. The molecule has 0 radical (unpaired) electrons. The van der Waals surface area contributed by atoms with E-state index >= 15 is 0 Å². The summed E-state index contributed by atoms with van der Waals surface area (Å²) < 4.78 is 40.8. The van der Waals surface area contributed by atoms with Crippen LogP contribution in [-0.4, -0.2) is 30.5 Å². The Morgan fingerprint density at radius 3 is 2.48 bits per heavy atom. The van der Waals surface area contributed by atoms with E-state index < -0.39 is 12.0 Å². The molecule has 0 saturated heterocycles. The van der Waals surface area contributed by atoms with Crippen molar-refractivity contribution in [1.29, 1.82) is 0 Å². The second-order valence-corrected chi connectivity index (χ2v) is 9.51. The van der Waals surface area contributed by atoms with Crippen LogP contribution in [0.5, 0.6) is 0 Å². The fourth-order valence-electron chi connectivity index (χ4n) is 3.24. The summed E-state index contributed by atoms with van der Waals surface area (Å²) in [5.41, 5.74) is 3.31. The molecule has 0 aliphatic rings. The molecule has 0 atom stereocenters. The van der Waals surface area contributed by atoms with Crippen LogP contribution in [0, 0.1) is 20.8 Å². The molecule has 4 rings (SSSR count). The van der Waals surface area contributed by atoms with Gasteiger partial charge < -0.3 is 5.32 Å². The van der Waals surface area contributed by atoms with Gasteiger partial charge in [0, 0.05) is 39.5 Å². The number of anilines is 1. The van der Waals surface area contributed by atoms with Crippen LogP contribution >= 0.6 is 23.1 Å². The van der Waals surface area contributed by atoms with E-state index in [1.807, 2.05) is 36.6 Å². The summed E-state index contributed by atoms with van der Waals surface area (Å²) >= 11 is 3.14. The molecule has 0 saturated carbocycles. The van der Waals surface area contributed by atoms with Crippen molar-refractivity contribution in [3.05, 3.63) is 58.1 Å². The maximum atomic E-state index is 12.9. The Morgan fingerprint density at radius 1 is 1.12 bits per heavy atom. The Kier molecular flexibility index (Phi) is 6.39. The quantitative estimate of drug-likeness (QED) is 0.396. The lowest BCUT2D eigenvalue weighted by Gasteiger charge is -2.11. The van der Waals surface area contributed by atoms with Crippen LogP contribution in [0.15, 0.2) is 38.9 Å². The van der Waals surface area contributed by atoms with E-state index in [1.165, 1.54) is 0 Å². The smallest absolute Gasteiger partial charge is 0.326 e. The number of nitrogens with zero attached hydrogens (tertiary/aromatic N) is 5. The summed E-state index contributed by atoms with van der Waals surface area (Å²) in [7, 11) is 0. The van der Waals surface area contributed by atoms with Gasteiger partial charge in [-0.15, -0.1) is 16.4 Å². The van der Waals surface area contributed by atoms with E-state index in [4.69, 9.17) is 0 Å². The number of hydrogen-bond donors (Lipinski definition) is 1. The molecule has 0 spiro atoms. The van der Waals surface area contributed by atoms with E-state index in [2.05, 4.69) is 25.4 Å². The number of hydrogen-bond acceptors (Lipinski definition) is 7. The first kappa shape index (κ1) is 23.2. The number of benzene rings is 1. The first-order valence-electron chi connectivity index (χ1n) is 9.90. The third-order valence-electron chi connectivity index (χ3n) is 4.85. The number of rotatable bonds is 6. The standard InChI is InChI=1S/C21H19F3N6OS2/c1-11-10-32-20(25-11)33-15-6-4-14(5-7-15)27-17(31)9-8-16-12(2)26-19-28-18(21(22,23)24)29-30(19)13(16)3/h4-7,10H,8-9H2,1-3H3,(H,27,31). The normalized spacial score (nSPS) is 11.8. The highest BCUT2D eigenvalue weighted by Gasteiger charge is 2.37. The van der Waals surface area contributed by atoms with Crippen molar-refractivity contribution < 1.29 is 18.0 Å². The molecule has 3 heterocycles. The monoisotopic (exact) mass is 492 g/mol. The van der Waals surface area contributed by atoms with Gasteiger partial charge in [0.1, 0.15) is 0 Å². The van der Waals surface area contributed by atoms with Gasteiger partial charge in [-0.1, -0.05) is 11.8 Å². The highest BCUT2D eigenvalue weighted by Crippen LogP contribution is 2.31. The second-order valence-electron chi connectivity index (χ2n) is 7.34. The van der Waals surface area contributed by atoms with Crippen LogP contribution in [0.3, 0.4) is 0 Å². The number of carbonyl (C=O) groups is 1. The largest absolute Gasteiger partial charge is 0.453 e. The first-order chi connectivity index (χ1) is 15.6. The number of nitrogens with one attached hydrogen (secondary N) is 1. The Hall–Kier alpha value is -2.99. The molecule has 33 heavy (non-hydrogen) atoms. The summed E-state index contributed by atoms with van der Waals surface area (Å²) in [4.78, 5) is 25.5. The Bertz CT molecular complexity index is 1310. The molecule has 3 aromatic heterocycles. The van der Waals surface area contributed by atoms with Crippen molar-refractivity contribution in [3.63, 3.8) is 0 Å². The minimum absolute atomic E-state index is 0.114. The highest BCUT2D eigenvalue weighted by molar-refractivity contribution is 8.01. The average Bonchev–Trinajstić information content (AvgIpc) is 3.35. The minimum Gasteiger partial charge on any atom is -0.326 e. The van der Waals surface area contributed by atoms with Crippen LogP contribution in [0.25, 0.3) is 5.78 Å². The van der Waals surface area contributed by atoms with Gasteiger partial charge in [-0.3, -0.25) is 4.79 Å². The Balaban J connectivity index is 1.40. The molecular weight excluding hydrogens is 473 g/mol. The zero-order valence-electron chi connectivity index (χ0n) is 17.9. The summed E-state index contributed by atoms with van der Waals surface area (Å²) in [6.45, 7) is 5.27. The first-order valence-corrected chi connectivity index (χ1v) is 11.6. The van der Waals surface area contributed by atoms with Crippen LogP contribution in [0.4, 0.5) is 18.9 Å². The molecular formula is C21H19F3N6OS2. The molecule has 172 valence electrons. The number of fused-ring (bicyclic) bond motifs is 1. The molecule has 1 amide bonds. The van der Waals surface area contributed by atoms with Crippen LogP contribution < -0.4 is 5.32 Å². The fourth-order valence-corrected chi connectivity index (χ4v) is 5.05. The van der Waals surface area contributed by atoms with E-state index in [0.29, 0.717) is 29.1 Å². The van der Waals surface area contributed by atoms with Crippen molar-refractivity contribution in [3.8, 4) is 0 Å². The van der Waals surface area contributed by atoms with Gasteiger partial charge >= 0.3 is 6.18 Å². The lowest BCUT2D eigenvalue weighted by molar-refractivity contribution is -0.144. The summed E-state index contributed by atoms with van der Waals surface area (Å²) in [5, 5.41) is 8.37. The summed E-state index contributed by atoms with van der Waals surface area (Å²) in [6, 6.07) is 7.45. The highest BCUT2D eigenvalue weighted by atomic mass is 32.2. The average molecular weight is 493 g/mol. The van der Waals surface area contributed by atoms with Crippen molar-refractivity contribution >= 4 is 40.5 Å². The van der Waals surface area contributed by atoms with Crippen LogP contribution in [-0.2, 0) is 17.4 Å². The minimum atomic E-state index is -4.65. The molecule has 1 aromatic carbocycles. The zero-order valence-corrected chi connectivity index (χ0v) is 19.5. The molecule has 1 N–H and O–H groups in total. The van der Waals surface area contributed by atoms with Gasteiger partial charge in [-0.2, -0.15) is 18.2 Å². The lowest BCUT2D eigenvalue weighted by Crippen LogP contribution is -2.14. The number of carbonyl (C=O) groups excluding carboxylic acids is 1. The van der Waals surface area contributed by atoms with Crippen LogP contribution in [0.1, 0.15) is 34.9 Å².